The third-order valence-corrected chi connectivity index (χ3v) is 2.33. The van der Waals surface area contributed by atoms with Gasteiger partial charge in [-0.3, -0.25) is 4.90 Å². The van der Waals surface area contributed by atoms with Gasteiger partial charge in [-0.1, -0.05) is 11.6 Å². The Morgan fingerprint density at radius 2 is 2.42 bits per heavy atom. The molecule has 0 bridgehead atoms. The van der Waals surface area contributed by atoms with Gasteiger partial charge >= 0.3 is 0 Å². The summed E-state index contributed by atoms with van der Waals surface area (Å²) in [7, 11) is 0. The molecule has 0 aliphatic carbocycles. The van der Waals surface area contributed by atoms with Crippen molar-refractivity contribution in [1.29, 1.82) is 0 Å². The standard InChI is InChI=1S/C10H17NO/c1-9(2)11-6-3-4-10(8-11)5-7-12/h4,7,9H,3,5-6,8H2,1-2H3. The van der Waals surface area contributed by atoms with E-state index < -0.39 is 0 Å². The van der Waals surface area contributed by atoms with Crippen LogP contribution >= 0.6 is 0 Å². The Balaban J connectivity index is 2.47. The summed E-state index contributed by atoms with van der Waals surface area (Å²) in [5.41, 5.74) is 1.28. The normalized spacial score (nSPS) is 19.4. The molecule has 0 aromatic rings. The van der Waals surface area contributed by atoms with Crippen LogP contribution in [0.25, 0.3) is 0 Å². The molecule has 0 saturated carbocycles. The lowest BCUT2D eigenvalue weighted by atomic mass is 10.1. The molecule has 0 saturated heterocycles. The Kier molecular flexibility index (Phi) is 3.48. The molecule has 0 aromatic heterocycles. The van der Waals surface area contributed by atoms with Crippen LogP contribution in [0.5, 0.6) is 0 Å². The Morgan fingerprint density at radius 1 is 1.67 bits per heavy atom. The van der Waals surface area contributed by atoms with Crippen molar-refractivity contribution < 1.29 is 4.79 Å². The second-order valence-corrected chi connectivity index (χ2v) is 3.59. The van der Waals surface area contributed by atoms with Gasteiger partial charge < -0.3 is 4.79 Å². The molecule has 1 rings (SSSR count). The maximum Gasteiger partial charge on any atom is 0.124 e. The first-order valence-corrected chi connectivity index (χ1v) is 4.59. The summed E-state index contributed by atoms with van der Waals surface area (Å²) in [5, 5.41) is 0. The van der Waals surface area contributed by atoms with Crippen molar-refractivity contribution in [2.75, 3.05) is 13.1 Å². The second kappa shape index (κ2) is 4.41. The first-order valence-electron chi connectivity index (χ1n) is 4.59. The van der Waals surface area contributed by atoms with Crippen molar-refractivity contribution in [1.82, 2.24) is 4.90 Å². The number of hydrogen-bond acceptors (Lipinski definition) is 2. The fraction of sp³-hybridized carbons (Fsp3) is 0.700. The van der Waals surface area contributed by atoms with Gasteiger partial charge in [-0.25, -0.2) is 0 Å². The van der Waals surface area contributed by atoms with Crippen LogP contribution in [0.2, 0.25) is 0 Å². The maximum atomic E-state index is 10.3. The average Bonchev–Trinajstić information content (AvgIpc) is 2.05. The number of aldehydes is 1. The van der Waals surface area contributed by atoms with E-state index in [1.807, 2.05) is 0 Å². The fourth-order valence-corrected chi connectivity index (χ4v) is 1.53. The zero-order valence-corrected chi connectivity index (χ0v) is 7.92. The highest BCUT2D eigenvalue weighted by Gasteiger charge is 2.14. The lowest BCUT2D eigenvalue weighted by molar-refractivity contribution is -0.107. The minimum absolute atomic E-state index is 0.598. The summed E-state index contributed by atoms with van der Waals surface area (Å²) in [4.78, 5) is 12.7. The predicted molar refractivity (Wildman–Crippen MR) is 50.1 cm³/mol. The summed E-state index contributed by atoms with van der Waals surface area (Å²) >= 11 is 0. The molecule has 0 unspecified atom stereocenters. The molecule has 0 atom stereocenters. The van der Waals surface area contributed by atoms with Crippen LogP contribution in [-0.2, 0) is 4.79 Å². The minimum atomic E-state index is 0.598. The van der Waals surface area contributed by atoms with Gasteiger partial charge in [0.2, 0.25) is 0 Å². The van der Waals surface area contributed by atoms with Crippen LogP contribution in [0, 0.1) is 0 Å². The molecule has 2 heteroatoms. The summed E-state index contributed by atoms with van der Waals surface area (Å²) in [6.45, 7) is 6.52. The first kappa shape index (κ1) is 9.46. The lowest BCUT2D eigenvalue weighted by Gasteiger charge is -2.30. The van der Waals surface area contributed by atoms with Crippen molar-refractivity contribution in [3.63, 3.8) is 0 Å². The quantitative estimate of drug-likeness (QED) is 0.470. The van der Waals surface area contributed by atoms with Crippen molar-refractivity contribution in [2.24, 2.45) is 0 Å². The summed E-state index contributed by atoms with van der Waals surface area (Å²) in [6.07, 6.45) is 4.91. The smallest absolute Gasteiger partial charge is 0.124 e. The van der Waals surface area contributed by atoms with E-state index in [0.29, 0.717) is 12.5 Å². The van der Waals surface area contributed by atoms with Gasteiger partial charge in [0.05, 0.1) is 0 Å². The molecule has 0 fully saturated rings. The zero-order chi connectivity index (χ0) is 8.97. The highest BCUT2D eigenvalue weighted by atomic mass is 16.1. The molecule has 0 radical (unpaired) electrons. The van der Waals surface area contributed by atoms with Crippen LogP contribution in [0.3, 0.4) is 0 Å². The third-order valence-electron chi connectivity index (χ3n) is 2.33. The van der Waals surface area contributed by atoms with Crippen LogP contribution in [0.15, 0.2) is 11.6 Å². The van der Waals surface area contributed by atoms with E-state index in [1.54, 1.807) is 0 Å². The van der Waals surface area contributed by atoms with Crippen LogP contribution < -0.4 is 0 Å². The first-order chi connectivity index (χ1) is 5.74. The Morgan fingerprint density at radius 3 is 3.00 bits per heavy atom. The molecule has 12 heavy (non-hydrogen) atoms. The van der Waals surface area contributed by atoms with Gasteiger partial charge in [-0.05, 0) is 20.3 Å². The number of nitrogens with zero attached hydrogens (tertiary/aromatic N) is 1. The van der Waals surface area contributed by atoms with Gasteiger partial charge in [0.25, 0.3) is 0 Å². The molecule has 0 aromatic carbocycles. The van der Waals surface area contributed by atoms with Gasteiger partial charge in [0.1, 0.15) is 6.29 Å². The number of carbonyl (C=O) groups is 1. The second-order valence-electron chi connectivity index (χ2n) is 3.59. The molecule has 68 valence electrons. The zero-order valence-electron chi connectivity index (χ0n) is 7.92. The van der Waals surface area contributed by atoms with E-state index in [2.05, 4.69) is 24.8 Å². The maximum absolute atomic E-state index is 10.3. The molecule has 0 spiro atoms. The molecular weight excluding hydrogens is 150 g/mol. The van der Waals surface area contributed by atoms with E-state index in [-0.39, 0.29) is 0 Å². The average molecular weight is 167 g/mol. The SMILES string of the molecule is CC(C)N1CCC=C(CC=O)C1. The van der Waals surface area contributed by atoms with Gasteiger partial charge in [0, 0.05) is 25.6 Å². The number of hydrogen-bond donors (Lipinski definition) is 0. The molecule has 1 aliphatic rings. The highest BCUT2D eigenvalue weighted by Crippen LogP contribution is 2.13. The van der Waals surface area contributed by atoms with Gasteiger partial charge in [0.15, 0.2) is 0 Å². The van der Waals surface area contributed by atoms with Gasteiger partial charge in [-0.2, -0.15) is 0 Å². The Bertz CT molecular complexity index is 184. The Hall–Kier alpha value is -0.630. The van der Waals surface area contributed by atoms with Crippen LogP contribution in [0.1, 0.15) is 26.7 Å². The molecule has 1 heterocycles. The monoisotopic (exact) mass is 167 g/mol. The minimum Gasteiger partial charge on any atom is -0.303 e. The number of rotatable bonds is 3. The highest BCUT2D eigenvalue weighted by molar-refractivity contribution is 5.54. The topological polar surface area (TPSA) is 20.3 Å². The molecule has 0 N–H and O–H groups in total. The molecule has 0 amide bonds. The largest absolute Gasteiger partial charge is 0.303 e. The van der Waals surface area contributed by atoms with Crippen molar-refractivity contribution >= 4 is 6.29 Å². The van der Waals surface area contributed by atoms with E-state index >= 15 is 0 Å². The Labute approximate surface area is 74.2 Å². The molecule has 2 nitrogen and oxygen atoms in total. The van der Waals surface area contributed by atoms with E-state index in [0.717, 1.165) is 25.8 Å². The van der Waals surface area contributed by atoms with Crippen molar-refractivity contribution in [3.8, 4) is 0 Å². The number of carbonyl (C=O) groups excluding carboxylic acids is 1. The van der Waals surface area contributed by atoms with E-state index in [4.69, 9.17) is 0 Å². The summed E-state index contributed by atoms with van der Waals surface area (Å²) in [6, 6.07) is 0.598. The molecular formula is C10H17NO. The molecule has 1 aliphatic heterocycles. The third kappa shape index (κ3) is 2.45. The lowest BCUT2D eigenvalue weighted by Crippen LogP contribution is -2.35. The predicted octanol–water partition coefficient (Wildman–Crippen LogP) is 1.62. The van der Waals surface area contributed by atoms with E-state index in [9.17, 15) is 4.79 Å². The van der Waals surface area contributed by atoms with Crippen molar-refractivity contribution in [3.05, 3.63) is 11.6 Å². The van der Waals surface area contributed by atoms with Crippen LogP contribution in [-0.4, -0.2) is 30.3 Å². The van der Waals surface area contributed by atoms with Crippen molar-refractivity contribution in [2.45, 2.75) is 32.7 Å². The fourth-order valence-electron chi connectivity index (χ4n) is 1.53. The summed E-state index contributed by atoms with van der Waals surface area (Å²) in [5.74, 6) is 0. The summed E-state index contributed by atoms with van der Waals surface area (Å²) < 4.78 is 0. The van der Waals surface area contributed by atoms with E-state index in [1.165, 1.54) is 5.57 Å². The van der Waals surface area contributed by atoms with Crippen LogP contribution in [0.4, 0.5) is 0 Å². The van der Waals surface area contributed by atoms with Gasteiger partial charge in [-0.15, -0.1) is 0 Å².